The molecule has 5 nitrogen and oxygen atoms in total. The van der Waals surface area contributed by atoms with E-state index in [1.54, 1.807) is 11.3 Å². The highest BCUT2D eigenvalue weighted by molar-refractivity contribution is 7.09. The Hall–Kier alpha value is -2.70. The van der Waals surface area contributed by atoms with Crippen LogP contribution in [-0.2, 0) is 22.6 Å². The van der Waals surface area contributed by atoms with E-state index in [-0.39, 0.29) is 18.2 Å². The van der Waals surface area contributed by atoms with Crippen molar-refractivity contribution in [2.75, 3.05) is 19.6 Å². The molecule has 1 fully saturated rings. The topological polar surface area (TPSA) is 61.4 Å². The van der Waals surface area contributed by atoms with E-state index in [1.165, 1.54) is 21.2 Å². The lowest BCUT2D eigenvalue weighted by atomic mass is 10.0. The summed E-state index contributed by atoms with van der Waals surface area (Å²) in [5.41, 5.74) is 1.22. The molecule has 2 N–H and O–H groups in total. The summed E-state index contributed by atoms with van der Waals surface area (Å²) in [4.78, 5) is 28.2. The third-order valence-corrected chi connectivity index (χ3v) is 6.22. The summed E-state index contributed by atoms with van der Waals surface area (Å²) in [6.07, 6.45) is 0.954. The molecule has 1 saturated heterocycles. The molecule has 0 spiro atoms. The SMILES string of the molecule is O=C(CC1C(=O)NCCN1Cc1cccs1)NCCc1cccc2ccccc12. The molecule has 1 aliphatic heterocycles. The van der Waals surface area contributed by atoms with E-state index in [1.807, 2.05) is 29.6 Å². The summed E-state index contributed by atoms with van der Waals surface area (Å²) in [7, 11) is 0. The zero-order chi connectivity index (χ0) is 20.1. The Balaban J connectivity index is 1.33. The van der Waals surface area contributed by atoms with Crippen LogP contribution >= 0.6 is 11.3 Å². The van der Waals surface area contributed by atoms with Gasteiger partial charge in [-0.15, -0.1) is 11.3 Å². The van der Waals surface area contributed by atoms with E-state index in [2.05, 4.69) is 45.9 Å². The van der Waals surface area contributed by atoms with Gasteiger partial charge in [0, 0.05) is 31.1 Å². The van der Waals surface area contributed by atoms with Crippen LogP contribution in [0, 0.1) is 0 Å². The summed E-state index contributed by atoms with van der Waals surface area (Å²) < 4.78 is 0. The number of nitrogens with zero attached hydrogens (tertiary/aromatic N) is 1. The molecule has 0 aliphatic carbocycles. The van der Waals surface area contributed by atoms with Gasteiger partial charge in [0.15, 0.2) is 0 Å². The minimum Gasteiger partial charge on any atom is -0.356 e. The largest absolute Gasteiger partial charge is 0.356 e. The first-order valence-corrected chi connectivity index (χ1v) is 10.9. The number of hydrogen-bond acceptors (Lipinski definition) is 4. The predicted molar refractivity (Wildman–Crippen MR) is 117 cm³/mol. The van der Waals surface area contributed by atoms with Crippen molar-refractivity contribution in [1.82, 2.24) is 15.5 Å². The first-order chi connectivity index (χ1) is 14.2. The lowest BCUT2D eigenvalue weighted by Crippen LogP contribution is -2.56. The quantitative estimate of drug-likeness (QED) is 0.633. The molecule has 3 aromatic rings. The summed E-state index contributed by atoms with van der Waals surface area (Å²) in [6.45, 7) is 2.66. The maximum absolute atomic E-state index is 12.5. The second-order valence-corrected chi connectivity index (χ2v) is 8.33. The molecule has 1 unspecified atom stereocenters. The Kier molecular flexibility index (Phi) is 6.22. The zero-order valence-corrected chi connectivity index (χ0v) is 17.1. The summed E-state index contributed by atoms with van der Waals surface area (Å²) in [5.74, 6) is -0.138. The number of benzene rings is 2. The number of amides is 2. The van der Waals surface area contributed by atoms with Gasteiger partial charge in [-0.25, -0.2) is 0 Å². The lowest BCUT2D eigenvalue weighted by Gasteiger charge is -2.34. The Bertz CT molecular complexity index is 981. The number of hydrogen-bond donors (Lipinski definition) is 2. The molecule has 2 amide bonds. The highest BCUT2D eigenvalue weighted by Crippen LogP contribution is 2.19. The molecule has 29 heavy (non-hydrogen) atoms. The van der Waals surface area contributed by atoms with Gasteiger partial charge < -0.3 is 10.6 Å². The third-order valence-electron chi connectivity index (χ3n) is 5.36. The minimum absolute atomic E-state index is 0.0583. The van der Waals surface area contributed by atoms with Gasteiger partial charge in [-0.3, -0.25) is 14.5 Å². The van der Waals surface area contributed by atoms with Gasteiger partial charge in [0.25, 0.3) is 0 Å². The van der Waals surface area contributed by atoms with E-state index in [0.717, 1.165) is 13.0 Å². The monoisotopic (exact) mass is 407 g/mol. The molecule has 0 radical (unpaired) electrons. The molecule has 0 bridgehead atoms. The number of piperazine rings is 1. The van der Waals surface area contributed by atoms with E-state index in [0.29, 0.717) is 19.6 Å². The van der Waals surface area contributed by atoms with Crippen molar-refractivity contribution in [2.24, 2.45) is 0 Å². The smallest absolute Gasteiger partial charge is 0.237 e. The molecule has 150 valence electrons. The van der Waals surface area contributed by atoms with Crippen LogP contribution in [0.2, 0.25) is 0 Å². The summed E-state index contributed by atoms with van der Waals surface area (Å²) in [6, 6.07) is 18.2. The second kappa shape index (κ2) is 9.20. The number of rotatable bonds is 7. The number of carbonyl (C=O) groups is 2. The van der Waals surface area contributed by atoms with Gasteiger partial charge in [0.05, 0.1) is 12.5 Å². The predicted octanol–water partition coefficient (Wildman–Crippen LogP) is 2.95. The van der Waals surface area contributed by atoms with Crippen LogP contribution in [0.15, 0.2) is 60.0 Å². The van der Waals surface area contributed by atoms with E-state index in [4.69, 9.17) is 0 Å². The Morgan fingerprint density at radius 1 is 1.14 bits per heavy atom. The fourth-order valence-corrected chi connectivity index (χ4v) is 4.60. The molecule has 2 heterocycles. The number of nitrogens with one attached hydrogen (secondary N) is 2. The Morgan fingerprint density at radius 3 is 2.86 bits per heavy atom. The van der Waals surface area contributed by atoms with Crippen molar-refractivity contribution in [1.29, 1.82) is 0 Å². The fraction of sp³-hybridized carbons (Fsp3) is 0.304. The van der Waals surface area contributed by atoms with Gasteiger partial charge in [0.1, 0.15) is 0 Å². The van der Waals surface area contributed by atoms with Crippen molar-refractivity contribution in [2.45, 2.75) is 25.4 Å². The van der Waals surface area contributed by atoms with Crippen molar-refractivity contribution in [3.8, 4) is 0 Å². The summed E-state index contributed by atoms with van der Waals surface area (Å²) >= 11 is 1.68. The summed E-state index contributed by atoms with van der Waals surface area (Å²) in [5, 5.41) is 10.4. The first-order valence-electron chi connectivity index (χ1n) is 9.98. The van der Waals surface area contributed by atoms with E-state index >= 15 is 0 Å². The van der Waals surface area contributed by atoms with Gasteiger partial charge in [-0.05, 0) is 34.2 Å². The second-order valence-electron chi connectivity index (χ2n) is 7.30. The molecule has 1 aromatic heterocycles. The number of thiophene rings is 1. The molecule has 2 aromatic carbocycles. The minimum atomic E-state index is -0.414. The van der Waals surface area contributed by atoms with Gasteiger partial charge in [0.2, 0.25) is 11.8 Å². The highest BCUT2D eigenvalue weighted by Gasteiger charge is 2.31. The van der Waals surface area contributed by atoms with Crippen LogP contribution in [0.1, 0.15) is 16.9 Å². The fourth-order valence-electron chi connectivity index (χ4n) is 3.87. The van der Waals surface area contributed by atoms with Crippen molar-refractivity contribution >= 4 is 33.9 Å². The van der Waals surface area contributed by atoms with Crippen LogP contribution in [-0.4, -0.2) is 42.4 Å². The van der Waals surface area contributed by atoms with Crippen LogP contribution in [0.3, 0.4) is 0 Å². The van der Waals surface area contributed by atoms with Gasteiger partial charge >= 0.3 is 0 Å². The molecule has 0 saturated carbocycles. The van der Waals surface area contributed by atoms with Crippen LogP contribution in [0.25, 0.3) is 10.8 Å². The number of fused-ring (bicyclic) bond motifs is 1. The molecular formula is C23H25N3O2S. The van der Waals surface area contributed by atoms with Gasteiger partial charge in [-0.1, -0.05) is 48.5 Å². The molecule has 1 aliphatic rings. The van der Waals surface area contributed by atoms with Crippen LogP contribution in [0.5, 0.6) is 0 Å². The maximum Gasteiger partial charge on any atom is 0.237 e. The van der Waals surface area contributed by atoms with Crippen molar-refractivity contribution in [3.05, 3.63) is 70.4 Å². The first kappa shape index (κ1) is 19.6. The van der Waals surface area contributed by atoms with Crippen LogP contribution in [0.4, 0.5) is 0 Å². The number of carbonyl (C=O) groups excluding carboxylic acids is 2. The lowest BCUT2D eigenvalue weighted by molar-refractivity contribution is -0.134. The average Bonchev–Trinajstić information content (AvgIpc) is 3.24. The Labute approximate surface area is 174 Å². The standard InChI is InChI=1S/C23H25N3O2S/c27-22(24-11-10-18-7-3-6-17-5-1-2-9-20(17)18)15-21-23(28)25-12-13-26(21)16-19-8-4-14-29-19/h1-9,14,21H,10-13,15-16H2,(H,24,27)(H,25,28). The van der Waals surface area contributed by atoms with Crippen LogP contribution < -0.4 is 10.6 Å². The highest BCUT2D eigenvalue weighted by atomic mass is 32.1. The van der Waals surface area contributed by atoms with Crippen molar-refractivity contribution in [3.63, 3.8) is 0 Å². The van der Waals surface area contributed by atoms with E-state index in [9.17, 15) is 9.59 Å². The Morgan fingerprint density at radius 2 is 2.00 bits per heavy atom. The normalized spacial score (nSPS) is 17.2. The zero-order valence-electron chi connectivity index (χ0n) is 16.3. The molecule has 6 heteroatoms. The molecule has 1 atom stereocenters. The average molecular weight is 408 g/mol. The maximum atomic E-state index is 12.5. The molecular weight excluding hydrogens is 382 g/mol. The third kappa shape index (κ3) is 4.83. The van der Waals surface area contributed by atoms with Crippen molar-refractivity contribution < 1.29 is 9.59 Å². The van der Waals surface area contributed by atoms with Gasteiger partial charge in [-0.2, -0.15) is 0 Å². The van der Waals surface area contributed by atoms with E-state index < -0.39 is 6.04 Å². The molecule has 4 rings (SSSR count).